The van der Waals surface area contributed by atoms with Gasteiger partial charge in [-0.25, -0.2) is 0 Å². The van der Waals surface area contributed by atoms with Crippen LogP contribution in [0.15, 0.2) is 18.3 Å². The molecule has 0 radical (unpaired) electrons. The number of ether oxygens (including phenoxy) is 2. The van der Waals surface area contributed by atoms with Crippen molar-refractivity contribution >= 4 is 17.2 Å². The maximum absolute atomic E-state index is 10.8. The van der Waals surface area contributed by atoms with Crippen molar-refractivity contribution in [2.75, 3.05) is 14.2 Å². The fourth-order valence-corrected chi connectivity index (χ4v) is 1.60. The molecular weight excluding hydrogens is 194 g/mol. The van der Waals surface area contributed by atoms with E-state index < -0.39 is 0 Å². The third-order valence-electron chi connectivity index (χ3n) is 2.33. The standard InChI is InChI=1S/C11H11NO3/c1-14-8-3-9-11(10(4-8)15-2)7(6-13)5-12-9/h3-6,12H,1-2H3. The van der Waals surface area contributed by atoms with Gasteiger partial charge in [0.15, 0.2) is 6.29 Å². The Balaban J connectivity index is 2.77. The van der Waals surface area contributed by atoms with Gasteiger partial charge < -0.3 is 14.5 Å². The van der Waals surface area contributed by atoms with Crippen molar-refractivity contribution < 1.29 is 14.3 Å². The Labute approximate surface area is 86.8 Å². The molecule has 0 saturated heterocycles. The molecule has 0 aliphatic carbocycles. The van der Waals surface area contributed by atoms with E-state index in [2.05, 4.69) is 4.98 Å². The molecule has 1 aromatic carbocycles. The first-order chi connectivity index (χ1) is 7.30. The van der Waals surface area contributed by atoms with Gasteiger partial charge in [0.05, 0.1) is 25.1 Å². The summed E-state index contributed by atoms with van der Waals surface area (Å²) in [5, 5.41) is 0.785. The molecule has 2 aromatic rings. The average molecular weight is 205 g/mol. The highest BCUT2D eigenvalue weighted by atomic mass is 16.5. The summed E-state index contributed by atoms with van der Waals surface area (Å²) in [4.78, 5) is 13.8. The lowest BCUT2D eigenvalue weighted by molar-refractivity contribution is 0.112. The highest BCUT2D eigenvalue weighted by Gasteiger charge is 2.10. The second kappa shape index (κ2) is 3.65. The SMILES string of the molecule is COc1cc(OC)c2c(C=O)c[nH]c2c1. The number of methoxy groups -OCH3 is 2. The summed E-state index contributed by atoms with van der Waals surface area (Å²) in [5.74, 6) is 1.33. The highest BCUT2D eigenvalue weighted by Crippen LogP contribution is 2.32. The summed E-state index contributed by atoms with van der Waals surface area (Å²) in [5.41, 5.74) is 1.41. The zero-order valence-corrected chi connectivity index (χ0v) is 8.53. The lowest BCUT2D eigenvalue weighted by Crippen LogP contribution is -1.89. The van der Waals surface area contributed by atoms with Crippen LogP contribution < -0.4 is 9.47 Å². The second-order valence-electron chi connectivity index (χ2n) is 3.11. The predicted octanol–water partition coefficient (Wildman–Crippen LogP) is 2.00. The van der Waals surface area contributed by atoms with Gasteiger partial charge >= 0.3 is 0 Å². The Morgan fingerprint density at radius 3 is 2.67 bits per heavy atom. The van der Waals surface area contributed by atoms with Gasteiger partial charge in [0.2, 0.25) is 0 Å². The van der Waals surface area contributed by atoms with Crippen LogP contribution in [0.2, 0.25) is 0 Å². The number of fused-ring (bicyclic) bond motifs is 1. The van der Waals surface area contributed by atoms with Crippen LogP contribution >= 0.6 is 0 Å². The normalized spacial score (nSPS) is 10.3. The minimum atomic E-state index is 0.588. The van der Waals surface area contributed by atoms with E-state index in [1.807, 2.05) is 6.07 Å². The van der Waals surface area contributed by atoms with Gasteiger partial charge in [-0.15, -0.1) is 0 Å². The summed E-state index contributed by atoms with van der Waals surface area (Å²) in [6, 6.07) is 3.58. The minimum absolute atomic E-state index is 0.588. The molecule has 1 N–H and O–H groups in total. The Bertz CT molecular complexity index is 502. The van der Waals surface area contributed by atoms with E-state index in [4.69, 9.17) is 9.47 Å². The fraction of sp³-hybridized carbons (Fsp3) is 0.182. The monoisotopic (exact) mass is 205 g/mol. The summed E-state index contributed by atoms with van der Waals surface area (Å²) >= 11 is 0. The highest BCUT2D eigenvalue weighted by molar-refractivity contribution is 6.01. The molecule has 4 heteroatoms. The van der Waals surface area contributed by atoms with Crippen LogP contribution in [0, 0.1) is 0 Å². The van der Waals surface area contributed by atoms with Crippen LogP contribution in [0.1, 0.15) is 10.4 Å². The molecule has 0 amide bonds. The second-order valence-corrected chi connectivity index (χ2v) is 3.11. The molecular formula is C11H11NO3. The maximum atomic E-state index is 10.8. The van der Waals surface area contributed by atoms with E-state index >= 15 is 0 Å². The summed E-state index contributed by atoms with van der Waals surface area (Å²) < 4.78 is 10.3. The number of carbonyl (C=O) groups is 1. The van der Waals surface area contributed by atoms with Gasteiger partial charge in [-0.1, -0.05) is 0 Å². The van der Waals surface area contributed by atoms with E-state index in [9.17, 15) is 4.79 Å². The Morgan fingerprint density at radius 2 is 2.07 bits per heavy atom. The number of H-pyrrole nitrogens is 1. The van der Waals surface area contributed by atoms with Crippen LogP contribution in [-0.4, -0.2) is 25.5 Å². The van der Waals surface area contributed by atoms with Crippen molar-refractivity contribution in [3.63, 3.8) is 0 Å². The first kappa shape index (κ1) is 9.58. The van der Waals surface area contributed by atoms with Crippen LogP contribution in [-0.2, 0) is 0 Å². The fourth-order valence-electron chi connectivity index (χ4n) is 1.60. The first-order valence-electron chi connectivity index (χ1n) is 4.48. The number of hydrogen-bond donors (Lipinski definition) is 1. The molecule has 0 spiro atoms. The Kier molecular flexibility index (Phi) is 2.33. The van der Waals surface area contributed by atoms with Gasteiger partial charge in [0.25, 0.3) is 0 Å². The number of benzene rings is 1. The molecule has 0 aliphatic rings. The molecule has 0 fully saturated rings. The molecule has 0 unspecified atom stereocenters. The smallest absolute Gasteiger partial charge is 0.152 e. The number of rotatable bonds is 3. The van der Waals surface area contributed by atoms with Gasteiger partial charge in [0, 0.05) is 23.9 Å². The predicted molar refractivity (Wildman–Crippen MR) is 56.8 cm³/mol. The van der Waals surface area contributed by atoms with Crippen molar-refractivity contribution in [2.24, 2.45) is 0 Å². The minimum Gasteiger partial charge on any atom is -0.497 e. The zero-order valence-electron chi connectivity index (χ0n) is 8.53. The number of aromatic amines is 1. The van der Waals surface area contributed by atoms with E-state index in [1.165, 1.54) is 0 Å². The Morgan fingerprint density at radius 1 is 1.27 bits per heavy atom. The zero-order chi connectivity index (χ0) is 10.8. The van der Waals surface area contributed by atoms with Crippen LogP contribution in [0.3, 0.4) is 0 Å². The molecule has 0 atom stereocenters. The molecule has 0 bridgehead atoms. The van der Waals surface area contributed by atoms with Crippen LogP contribution in [0.4, 0.5) is 0 Å². The lowest BCUT2D eigenvalue weighted by atomic mass is 10.1. The molecule has 4 nitrogen and oxygen atoms in total. The van der Waals surface area contributed by atoms with E-state index in [-0.39, 0.29) is 0 Å². The summed E-state index contributed by atoms with van der Waals surface area (Å²) in [7, 11) is 3.15. The van der Waals surface area contributed by atoms with Gasteiger partial charge in [-0.2, -0.15) is 0 Å². The first-order valence-corrected chi connectivity index (χ1v) is 4.48. The molecule has 0 saturated carbocycles. The summed E-state index contributed by atoms with van der Waals surface area (Å²) in [6.45, 7) is 0. The number of aromatic nitrogens is 1. The van der Waals surface area contributed by atoms with Crippen molar-refractivity contribution in [3.8, 4) is 11.5 Å². The van der Waals surface area contributed by atoms with Crippen LogP contribution in [0.25, 0.3) is 10.9 Å². The molecule has 1 heterocycles. The van der Waals surface area contributed by atoms with Crippen molar-refractivity contribution in [1.29, 1.82) is 0 Å². The molecule has 1 aromatic heterocycles. The number of nitrogens with one attached hydrogen (secondary N) is 1. The quantitative estimate of drug-likeness (QED) is 0.779. The Hall–Kier alpha value is -1.97. The molecule has 0 aliphatic heterocycles. The summed E-state index contributed by atoms with van der Waals surface area (Å²) in [6.07, 6.45) is 2.45. The van der Waals surface area contributed by atoms with E-state index in [0.717, 1.165) is 17.2 Å². The van der Waals surface area contributed by atoms with Crippen molar-refractivity contribution in [3.05, 3.63) is 23.9 Å². The maximum Gasteiger partial charge on any atom is 0.152 e. The third kappa shape index (κ3) is 1.44. The van der Waals surface area contributed by atoms with E-state index in [1.54, 1.807) is 26.5 Å². The number of aldehydes is 1. The molecule has 15 heavy (non-hydrogen) atoms. The lowest BCUT2D eigenvalue weighted by Gasteiger charge is -2.05. The number of hydrogen-bond acceptors (Lipinski definition) is 3. The molecule has 2 rings (SSSR count). The molecule has 78 valence electrons. The average Bonchev–Trinajstić information content (AvgIpc) is 2.70. The third-order valence-corrected chi connectivity index (χ3v) is 2.33. The van der Waals surface area contributed by atoms with Crippen molar-refractivity contribution in [2.45, 2.75) is 0 Å². The van der Waals surface area contributed by atoms with E-state index in [0.29, 0.717) is 17.1 Å². The van der Waals surface area contributed by atoms with Gasteiger partial charge in [-0.05, 0) is 0 Å². The van der Waals surface area contributed by atoms with Gasteiger partial charge in [-0.3, -0.25) is 4.79 Å². The largest absolute Gasteiger partial charge is 0.497 e. The number of carbonyl (C=O) groups excluding carboxylic acids is 1. The van der Waals surface area contributed by atoms with Gasteiger partial charge in [0.1, 0.15) is 11.5 Å². The van der Waals surface area contributed by atoms with Crippen molar-refractivity contribution in [1.82, 2.24) is 4.98 Å². The van der Waals surface area contributed by atoms with Crippen LogP contribution in [0.5, 0.6) is 11.5 Å². The topological polar surface area (TPSA) is 51.3 Å².